The highest BCUT2D eigenvalue weighted by atomic mass is 79.9. The molecular weight excluding hydrogens is 300 g/mol. The number of rotatable bonds is 3. The van der Waals surface area contributed by atoms with Gasteiger partial charge in [-0.05, 0) is 17.5 Å². The zero-order valence-electron chi connectivity index (χ0n) is 10.9. The van der Waals surface area contributed by atoms with Crippen molar-refractivity contribution in [3.05, 3.63) is 71.8 Å². The van der Waals surface area contributed by atoms with E-state index >= 15 is 0 Å². The monoisotopic (exact) mass is 316 g/mol. The Morgan fingerprint density at radius 3 is 2.11 bits per heavy atom. The highest BCUT2D eigenvalue weighted by Crippen LogP contribution is 2.68. The van der Waals surface area contributed by atoms with E-state index in [1.807, 2.05) is 36.4 Å². The SMILES string of the molecule is C[C@@]1(c2ccccc2)C[C@@]1(Br)C(O)c1ccccc1. The van der Waals surface area contributed by atoms with Crippen molar-refractivity contribution >= 4 is 15.9 Å². The maximum absolute atomic E-state index is 10.7. The molecule has 1 unspecified atom stereocenters. The summed E-state index contributed by atoms with van der Waals surface area (Å²) < 4.78 is -0.261. The lowest BCUT2D eigenvalue weighted by Crippen LogP contribution is -2.23. The number of alkyl halides is 1. The Labute approximate surface area is 122 Å². The lowest BCUT2D eigenvalue weighted by atomic mass is 9.91. The number of aliphatic hydroxyl groups excluding tert-OH is 1. The lowest BCUT2D eigenvalue weighted by Gasteiger charge is -2.23. The molecule has 1 aliphatic carbocycles. The molecule has 0 spiro atoms. The Balaban J connectivity index is 1.91. The number of hydrogen-bond acceptors (Lipinski definition) is 1. The Morgan fingerprint density at radius 1 is 1.00 bits per heavy atom. The van der Waals surface area contributed by atoms with Crippen molar-refractivity contribution in [2.75, 3.05) is 0 Å². The van der Waals surface area contributed by atoms with E-state index in [1.165, 1.54) is 5.56 Å². The van der Waals surface area contributed by atoms with Crippen LogP contribution >= 0.6 is 15.9 Å². The second-order valence-electron chi connectivity index (χ2n) is 5.55. The minimum atomic E-state index is -0.487. The normalized spacial score (nSPS) is 30.9. The molecule has 0 amide bonds. The molecule has 1 fully saturated rings. The first-order valence-corrected chi connectivity index (χ1v) is 7.35. The molecule has 0 radical (unpaired) electrons. The predicted molar refractivity (Wildman–Crippen MR) is 81.5 cm³/mol. The summed E-state index contributed by atoms with van der Waals surface area (Å²) in [4.78, 5) is 0. The molecule has 0 aliphatic heterocycles. The van der Waals surface area contributed by atoms with Gasteiger partial charge in [0.1, 0.15) is 0 Å². The number of benzene rings is 2. The van der Waals surface area contributed by atoms with E-state index in [9.17, 15) is 5.11 Å². The van der Waals surface area contributed by atoms with E-state index < -0.39 is 6.10 Å². The summed E-state index contributed by atoms with van der Waals surface area (Å²) in [6.45, 7) is 2.21. The smallest absolute Gasteiger partial charge is 0.0951 e. The van der Waals surface area contributed by atoms with Crippen LogP contribution in [0.3, 0.4) is 0 Å². The molecular formula is C17H17BrO. The van der Waals surface area contributed by atoms with Gasteiger partial charge in [-0.15, -0.1) is 0 Å². The summed E-state index contributed by atoms with van der Waals surface area (Å²) in [6, 6.07) is 20.3. The Morgan fingerprint density at radius 2 is 1.53 bits per heavy atom. The lowest BCUT2D eigenvalue weighted by molar-refractivity contribution is 0.161. The van der Waals surface area contributed by atoms with Crippen LogP contribution in [-0.2, 0) is 5.41 Å². The molecule has 0 bridgehead atoms. The van der Waals surface area contributed by atoms with Crippen molar-refractivity contribution in [2.45, 2.75) is 29.2 Å². The van der Waals surface area contributed by atoms with Gasteiger partial charge in [-0.1, -0.05) is 83.5 Å². The third-order valence-electron chi connectivity index (χ3n) is 4.36. The summed E-state index contributed by atoms with van der Waals surface area (Å²) >= 11 is 3.80. The summed E-state index contributed by atoms with van der Waals surface area (Å²) in [6.07, 6.45) is 0.457. The molecule has 1 aliphatic rings. The molecule has 0 aromatic heterocycles. The fourth-order valence-electron chi connectivity index (χ4n) is 2.92. The van der Waals surface area contributed by atoms with Crippen molar-refractivity contribution in [1.82, 2.24) is 0 Å². The maximum atomic E-state index is 10.7. The first-order valence-electron chi connectivity index (χ1n) is 6.55. The van der Waals surface area contributed by atoms with Crippen LogP contribution in [0.4, 0.5) is 0 Å². The van der Waals surface area contributed by atoms with Crippen LogP contribution < -0.4 is 0 Å². The minimum Gasteiger partial charge on any atom is -0.387 e. The van der Waals surface area contributed by atoms with Gasteiger partial charge in [0.25, 0.3) is 0 Å². The summed E-state index contributed by atoms with van der Waals surface area (Å²) in [7, 11) is 0. The van der Waals surface area contributed by atoms with Gasteiger partial charge < -0.3 is 5.11 Å². The van der Waals surface area contributed by atoms with Crippen LogP contribution in [0.5, 0.6) is 0 Å². The van der Waals surface area contributed by atoms with Crippen molar-refractivity contribution in [3.8, 4) is 0 Å². The van der Waals surface area contributed by atoms with E-state index in [1.54, 1.807) is 0 Å². The molecule has 1 nitrogen and oxygen atoms in total. The van der Waals surface area contributed by atoms with Crippen molar-refractivity contribution in [3.63, 3.8) is 0 Å². The average Bonchev–Trinajstić information content (AvgIpc) is 3.05. The fourth-order valence-corrected chi connectivity index (χ4v) is 3.97. The van der Waals surface area contributed by atoms with E-state index in [0.717, 1.165) is 12.0 Å². The van der Waals surface area contributed by atoms with Crippen molar-refractivity contribution in [1.29, 1.82) is 0 Å². The first kappa shape index (κ1) is 12.9. The van der Waals surface area contributed by atoms with Gasteiger partial charge in [-0.2, -0.15) is 0 Å². The molecule has 19 heavy (non-hydrogen) atoms. The van der Waals surface area contributed by atoms with Gasteiger partial charge in [0.2, 0.25) is 0 Å². The third kappa shape index (κ3) is 1.94. The standard InChI is InChI=1S/C17H17BrO/c1-16(14-10-6-3-7-11-14)12-17(16,18)15(19)13-8-4-2-5-9-13/h2-11,15,19H,12H2,1H3/t15?,16-,17+/m0/s1. The number of hydrogen-bond donors (Lipinski definition) is 1. The van der Waals surface area contributed by atoms with E-state index in [0.29, 0.717) is 0 Å². The third-order valence-corrected chi connectivity index (χ3v) is 5.95. The zero-order valence-corrected chi connectivity index (χ0v) is 12.5. The molecule has 0 heterocycles. The molecule has 0 saturated heterocycles. The van der Waals surface area contributed by atoms with Gasteiger partial charge in [0, 0.05) is 5.41 Å². The van der Waals surface area contributed by atoms with Crippen LogP contribution in [0, 0.1) is 0 Å². The van der Waals surface area contributed by atoms with E-state index in [-0.39, 0.29) is 9.74 Å². The van der Waals surface area contributed by atoms with Crippen LogP contribution in [0.2, 0.25) is 0 Å². The second kappa shape index (κ2) is 4.46. The van der Waals surface area contributed by atoms with Gasteiger partial charge >= 0.3 is 0 Å². The first-order chi connectivity index (χ1) is 9.08. The van der Waals surface area contributed by atoms with E-state index in [2.05, 4.69) is 47.1 Å². The Hall–Kier alpha value is -1.12. The molecule has 2 aromatic carbocycles. The minimum absolute atomic E-state index is 0.0104. The molecule has 2 heteroatoms. The van der Waals surface area contributed by atoms with E-state index in [4.69, 9.17) is 0 Å². The van der Waals surface area contributed by atoms with Crippen molar-refractivity contribution < 1.29 is 5.11 Å². The van der Waals surface area contributed by atoms with Gasteiger partial charge in [0.05, 0.1) is 10.4 Å². The topological polar surface area (TPSA) is 20.2 Å². The fraction of sp³-hybridized carbons (Fsp3) is 0.294. The molecule has 98 valence electrons. The van der Waals surface area contributed by atoms with Gasteiger partial charge in [-0.25, -0.2) is 0 Å². The second-order valence-corrected chi connectivity index (χ2v) is 6.97. The summed E-state index contributed by atoms with van der Waals surface area (Å²) in [5.74, 6) is 0. The van der Waals surface area contributed by atoms with Crippen LogP contribution in [0.15, 0.2) is 60.7 Å². The maximum Gasteiger partial charge on any atom is 0.0951 e. The largest absolute Gasteiger partial charge is 0.387 e. The summed E-state index contributed by atoms with van der Waals surface area (Å²) in [5, 5.41) is 10.7. The highest BCUT2D eigenvalue weighted by Gasteiger charge is 2.67. The quantitative estimate of drug-likeness (QED) is 0.841. The van der Waals surface area contributed by atoms with Gasteiger partial charge in [-0.3, -0.25) is 0 Å². The van der Waals surface area contributed by atoms with Crippen LogP contribution in [0.25, 0.3) is 0 Å². The average molecular weight is 317 g/mol. The summed E-state index contributed by atoms with van der Waals surface area (Å²) in [5.41, 5.74) is 2.24. The molecule has 3 rings (SSSR count). The molecule has 1 saturated carbocycles. The Bertz CT molecular complexity index is 568. The number of halogens is 1. The molecule has 2 aromatic rings. The predicted octanol–water partition coefficient (Wildman–Crippen LogP) is 4.22. The Kier molecular flexibility index (Phi) is 3.03. The zero-order chi connectivity index (χ0) is 13.5. The highest BCUT2D eigenvalue weighted by molar-refractivity contribution is 9.10. The number of aliphatic hydroxyl groups is 1. The van der Waals surface area contributed by atoms with Gasteiger partial charge in [0.15, 0.2) is 0 Å². The molecule has 3 atom stereocenters. The van der Waals surface area contributed by atoms with Crippen molar-refractivity contribution in [2.24, 2.45) is 0 Å². The molecule has 1 N–H and O–H groups in total. The van der Waals surface area contributed by atoms with Crippen LogP contribution in [-0.4, -0.2) is 9.43 Å². The van der Waals surface area contributed by atoms with Crippen LogP contribution in [0.1, 0.15) is 30.6 Å².